The maximum atomic E-state index is 12.7. The van der Waals surface area contributed by atoms with Crippen molar-refractivity contribution in [2.45, 2.75) is 40.3 Å². The average Bonchev–Trinajstić information content (AvgIpc) is 2.73. The summed E-state index contributed by atoms with van der Waals surface area (Å²) in [6.07, 6.45) is 0. The number of esters is 1. The minimum Gasteiger partial charge on any atom is -0.489 e. The summed E-state index contributed by atoms with van der Waals surface area (Å²) in [4.78, 5) is 25.0. The molecule has 6 nitrogen and oxygen atoms in total. The van der Waals surface area contributed by atoms with Crippen LogP contribution in [-0.2, 0) is 16.1 Å². The second-order valence-electron chi connectivity index (χ2n) is 7.58. The van der Waals surface area contributed by atoms with Crippen molar-refractivity contribution in [3.63, 3.8) is 0 Å². The Hall–Kier alpha value is -3.28. The number of amides is 2. The van der Waals surface area contributed by atoms with Crippen LogP contribution in [-0.4, -0.2) is 18.6 Å². The maximum Gasteiger partial charge on any atom is 0.338 e. The smallest absolute Gasteiger partial charge is 0.338 e. The van der Waals surface area contributed by atoms with Crippen molar-refractivity contribution in [2.24, 2.45) is 5.92 Å². The van der Waals surface area contributed by atoms with Gasteiger partial charge in [-0.1, -0.05) is 55.8 Å². The number of ether oxygens (including phenoxy) is 2. The molecule has 1 aliphatic rings. The van der Waals surface area contributed by atoms with Crippen LogP contribution < -0.4 is 15.4 Å². The molecule has 0 spiro atoms. The van der Waals surface area contributed by atoms with E-state index in [2.05, 4.69) is 10.6 Å². The van der Waals surface area contributed by atoms with E-state index in [1.807, 2.05) is 69.3 Å². The Balaban J connectivity index is 1.89. The zero-order valence-corrected chi connectivity index (χ0v) is 17.8. The summed E-state index contributed by atoms with van der Waals surface area (Å²) in [5.41, 5.74) is 4.01. The summed E-state index contributed by atoms with van der Waals surface area (Å²) in [5.74, 6) is 0.179. The molecule has 0 aromatic heterocycles. The van der Waals surface area contributed by atoms with Crippen molar-refractivity contribution in [3.05, 3.63) is 76.5 Å². The van der Waals surface area contributed by atoms with Gasteiger partial charge < -0.3 is 20.1 Å². The van der Waals surface area contributed by atoms with Crippen LogP contribution in [0.2, 0.25) is 0 Å². The Bertz CT molecular complexity index is 948. The van der Waals surface area contributed by atoms with Gasteiger partial charge in [0.25, 0.3) is 0 Å². The van der Waals surface area contributed by atoms with Gasteiger partial charge in [-0.15, -0.1) is 0 Å². The summed E-state index contributed by atoms with van der Waals surface area (Å²) in [7, 11) is 0. The number of urea groups is 1. The zero-order valence-electron chi connectivity index (χ0n) is 17.8. The fraction of sp³-hybridized carbons (Fsp3) is 0.333. The molecule has 0 radical (unpaired) electrons. The number of benzene rings is 2. The van der Waals surface area contributed by atoms with E-state index < -0.39 is 12.0 Å². The van der Waals surface area contributed by atoms with Crippen LogP contribution in [0.25, 0.3) is 0 Å². The lowest BCUT2D eigenvalue weighted by Gasteiger charge is -2.31. The lowest BCUT2D eigenvalue weighted by Crippen LogP contribution is -2.47. The predicted molar refractivity (Wildman–Crippen MR) is 115 cm³/mol. The first-order valence-corrected chi connectivity index (χ1v) is 10.2. The third-order valence-electron chi connectivity index (χ3n) is 4.89. The number of carbonyl (C=O) groups excluding carboxylic acids is 2. The van der Waals surface area contributed by atoms with E-state index in [1.165, 1.54) is 5.56 Å². The number of hydrogen-bond donors (Lipinski definition) is 2. The van der Waals surface area contributed by atoms with Crippen LogP contribution in [0.4, 0.5) is 4.79 Å². The molecule has 1 atom stereocenters. The lowest BCUT2D eigenvalue weighted by atomic mass is 9.91. The first-order valence-electron chi connectivity index (χ1n) is 10.2. The van der Waals surface area contributed by atoms with Crippen LogP contribution in [0.5, 0.6) is 5.75 Å². The lowest BCUT2D eigenvalue weighted by molar-refractivity contribution is -0.139. The minimum absolute atomic E-state index is 0.0427. The van der Waals surface area contributed by atoms with Gasteiger partial charge in [-0.3, -0.25) is 0 Å². The van der Waals surface area contributed by atoms with Gasteiger partial charge in [0, 0.05) is 5.70 Å². The highest BCUT2D eigenvalue weighted by atomic mass is 16.5. The van der Waals surface area contributed by atoms with E-state index in [1.54, 1.807) is 6.92 Å². The van der Waals surface area contributed by atoms with Gasteiger partial charge in [0.2, 0.25) is 0 Å². The van der Waals surface area contributed by atoms with Crippen molar-refractivity contribution in [2.75, 3.05) is 6.61 Å². The average molecular weight is 408 g/mol. The molecule has 0 saturated carbocycles. The number of hydrogen-bond acceptors (Lipinski definition) is 4. The fourth-order valence-corrected chi connectivity index (χ4v) is 3.36. The van der Waals surface area contributed by atoms with Crippen molar-refractivity contribution in [1.82, 2.24) is 10.6 Å². The number of carbonyl (C=O) groups is 2. The second-order valence-corrected chi connectivity index (χ2v) is 7.58. The highest BCUT2D eigenvalue weighted by Crippen LogP contribution is 2.32. The largest absolute Gasteiger partial charge is 0.489 e. The molecule has 158 valence electrons. The third kappa shape index (κ3) is 5.00. The monoisotopic (exact) mass is 408 g/mol. The maximum absolute atomic E-state index is 12.7. The molecule has 2 aromatic carbocycles. The zero-order chi connectivity index (χ0) is 21.7. The molecule has 2 N–H and O–H groups in total. The van der Waals surface area contributed by atoms with Gasteiger partial charge in [-0.2, -0.15) is 0 Å². The van der Waals surface area contributed by atoms with Crippen LogP contribution in [0.15, 0.2) is 59.8 Å². The molecule has 0 saturated heterocycles. The first kappa shape index (κ1) is 21.4. The van der Waals surface area contributed by atoms with E-state index in [9.17, 15) is 9.59 Å². The quantitative estimate of drug-likeness (QED) is 0.666. The predicted octanol–water partition coefficient (Wildman–Crippen LogP) is 4.40. The second kappa shape index (κ2) is 9.48. The molecule has 1 unspecified atom stereocenters. The van der Waals surface area contributed by atoms with Gasteiger partial charge in [0.15, 0.2) is 0 Å². The van der Waals surface area contributed by atoms with Crippen molar-refractivity contribution in [1.29, 1.82) is 0 Å². The molecule has 2 aromatic rings. The molecule has 2 amide bonds. The van der Waals surface area contributed by atoms with Gasteiger partial charge in [-0.05, 0) is 43.0 Å². The summed E-state index contributed by atoms with van der Waals surface area (Å²) in [6, 6.07) is 14.6. The Labute approximate surface area is 177 Å². The Morgan fingerprint density at radius 2 is 1.87 bits per heavy atom. The van der Waals surface area contributed by atoms with E-state index >= 15 is 0 Å². The molecular formula is C24H28N2O4. The summed E-state index contributed by atoms with van der Waals surface area (Å²) in [5, 5.41) is 5.62. The van der Waals surface area contributed by atoms with E-state index in [-0.39, 0.29) is 18.6 Å². The number of nitrogens with one attached hydrogen (secondary N) is 2. The van der Waals surface area contributed by atoms with Gasteiger partial charge in [0.1, 0.15) is 12.4 Å². The van der Waals surface area contributed by atoms with E-state index in [4.69, 9.17) is 9.47 Å². The van der Waals surface area contributed by atoms with Crippen molar-refractivity contribution in [3.8, 4) is 5.75 Å². The van der Waals surface area contributed by atoms with Gasteiger partial charge >= 0.3 is 12.0 Å². The van der Waals surface area contributed by atoms with Crippen molar-refractivity contribution >= 4 is 12.0 Å². The highest BCUT2D eigenvalue weighted by molar-refractivity contribution is 5.95. The molecule has 0 aliphatic carbocycles. The fourth-order valence-electron chi connectivity index (χ4n) is 3.36. The van der Waals surface area contributed by atoms with Gasteiger partial charge in [0.05, 0.1) is 18.2 Å². The molecule has 0 bridgehead atoms. The Morgan fingerprint density at radius 3 is 2.53 bits per heavy atom. The van der Waals surface area contributed by atoms with E-state index in [0.717, 1.165) is 11.1 Å². The van der Waals surface area contributed by atoms with Crippen LogP contribution in [0.1, 0.15) is 43.5 Å². The first-order chi connectivity index (χ1) is 14.4. The van der Waals surface area contributed by atoms with E-state index in [0.29, 0.717) is 23.6 Å². The molecule has 3 rings (SSSR count). The normalized spacial score (nSPS) is 16.2. The van der Waals surface area contributed by atoms with Crippen LogP contribution in [0, 0.1) is 12.8 Å². The minimum atomic E-state index is -0.613. The molecular weight excluding hydrogens is 380 g/mol. The highest BCUT2D eigenvalue weighted by Gasteiger charge is 2.34. The molecule has 0 fully saturated rings. The number of aryl methyl sites for hydroxylation is 1. The molecule has 1 aliphatic heterocycles. The summed E-state index contributed by atoms with van der Waals surface area (Å²) in [6.45, 7) is 8.35. The Kier molecular flexibility index (Phi) is 6.77. The molecule has 30 heavy (non-hydrogen) atoms. The third-order valence-corrected chi connectivity index (χ3v) is 4.89. The standard InChI is InChI=1S/C24H28N2O4/c1-5-29-23(27)20-21(15(2)3)25-24(28)26-22(20)18-7-6-8-19(13-18)30-14-17-11-9-16(4)10-12-17/h6-13,15,22H,5,14H2,1-4H3,(H2,25,26,28). The molecule has 6 heteroatoms. The topological polar surface area (TPSA) is 76.7 Å². The van der Waals surface area contributed by atoms with Crippen LogP contribution in [0.3, 0.4) is 0 Å². The number of rotatable bonds is 7. The van der Waals surface area contributed by atoms with Gasteiger partial charge in [-0.25, -0.2) is 9.59 Å². The Morgan fingerprint density at radius 1 is 1.13 bits per heavy atom. The summed E-state index contributed by atoms with van der Waals surface area (Å²) >= 11 is 0. The SMILES string of the molecule is CCOC(=O)C1=C(C(C)C)NC(=O)NC1c1cccc(OCc2ccc(C)cc2)c1. The summed E-state index contributed by atoms with van der Waals surface area (Å²) < 4.78 is 11.2. The van der Waals surface area contributed by atoms with Crippen molar-refractivity contribution < 1.29 is 19.1 Å². The molecule has 1 heterocycles. The number of allylic oxidation sites excluding steroid dienone is 1. The van der Waals surface area contributed by atoms with Crippen LogP contribution >= 0.6 is 0 Å².